The van der Waals surface area contributed by atoms with Crippen molar-refractivity contribution >= 4 is 11.6 Å². The average Bonchev–Trinajstić information content (AvgIpc) is 2.98. The van der Waals surface area contributed by atoms with E-state index in [0.717, 1.165) is 30.2 Å². The van der Waals surface area contributed by atoms with Crippen LogP contribution in [0.1, 0.15) is 11.4 Å². The van der Waals surface area contributed by atoms with Gasteiger partial charge in [-0.25, -0.2) is 9.97 Å². The van der Waals surface area contributed by atoms with E-state index in [0.29, 0.717) is 5.78 Å². The summed E-state index contributed by atoms with van der Waals surface area (Å²) in [6.07, 6.45) is 5.88. The molecule has 7 nitrogen and oxygen atoms in total. The normalized spacial score (nSPS) is 10.9. The zero-order chi connectivity index (χ0) is 12.4. The van der Waals surface area contributed by atoms with Crippen molar-refractivity contribution in [3.63, 3.8) is 0 Å². The van der Waals surface area contributed by atoms with Crippen molar-refractivity contribution in [3.05, 3.63) is 36.3 Å². The molecule has 3 aromatic heterocycles. The maximum absolute atomic E-state index is 4.29. The quantitative estimate of drug-likeness (QED) is 0.708. The third-order valence-corrected chi connectivity index (χ3v) is 2.64. The molecule has 0 atom stereocenters. The van der Waals surface area contributed by atoms with E-state index in [-0.39, 0.29) is 0 Å². The zero-order valence-electron chi connectivity index (χ0n) is 9.96. The van der Waals surface area contributed by atoms with Gasteiger partial charge >= 0.3 is 0 Å². The highest BCUT2D eigenvalue weighted by atomic mass is 15.3. The number of aryl methyl sites for hydroxylation is 1. The molecule has 0 radical (unpaired) electrons. The van der Waals surface area contributed by atoms with Crippen LogP contribution in [0.25, 0.3) is 5.78 Å². The molecule has 0 fully saturated rings. The third kappa shape index (κ3) is 2.02. The summed E-state index contributed by atoms with van der Waals surface area (Å²) >= 11 is 0. The van der Waals surface area contributed by atoms with Gasteiger partial charge in [0.1, 0.15) is 12.1 Å². The number of hydrogen-bond donors (Lipinski definition) is 2. The van der Waals surface area contributed by atoms with E-state index in [9.17, 15) is 0 Å². The topological polar surface area (TPSA) is 83.8 Å². The molecule has 0 bridgehead atoms. The smallest absolute Gasteiger partial charge is 0.254 e. The Hall–Kier alpha value is -2.44. The van der Waals surface area contributed by atoms with Crippen molar-refractivity contribution in [1.82, 2.24) is 29.5 Å². The standard InChI is InChI=1S/C11H13N7/c1-8-4-10(18-11(17-8)15-7-16-18)13-3-2-9-5-12-6-14-9/h4-7,13H,2-3H2,1H3,(H,12,14). The molecule has 3 rings (SSSR count). The molecule has 0 saturated carbocycles. The number of aromatic nitrogens is 6. The van der Waals surface area contributed by atoms with Crippen LogP contribution >= 0.6 is 0 Å². The Bertz CT molecular complexity index is 641. The SMILES string of the molecule is Cc1cc(NCCc2cnc[nH]2)n2ncnc2n1. The predicted molar refractivity (Wildman–Crippen MR) is 66.3 cm³/mol. The van der Waals surface area contributed by atoms with Crippen LogP contribution < -0.4 is 5.32 Å². The molecule has 92 valence electrons. The van der Waals surface area contributed by atoms with Gasteiger partial charge in [0.2, 0.25) is 0 Å². The Morgan fingerprint density at radius 3 is 3.22 bits per heavy atom. The summed E-state index contributed by atoms with van der Waals surface area (Å²) in [6.45, 7) is 2.73. The van der Waals surface area contributed by atoms with Crippen LogP contribution in [0.4, 0.5) is 5.82 Å². The van der Waals surface area contributed by atoms with Gasteiger partial charge in [0.25, 0.3) is 5.78 Å². The Kier molecular flexibility index (Phi) is 2.64. The lowest BCUT2D eigenvalue weighted by atomic mass is 10.3. The summed E-state index contributed by atoms with van der Waals surface area (Å²) in [4.78, 5) is 15.4. The largest absolute Gasteiger partial charge is 0.369 e. The number of imidazole rings is 1. The van der Waals surface area contributed by atoms with E-state index in [1.807, 2.05) is 19.2 Å². The zero-order valence-corrected chi connectivity index (χ0v) is 9.96. The van der Waals surface area contributed by atoms with Gasteiger partial charge in [-0.3, -0.25) is 0 Å². The third-order valence-electron chi connectivity index (χ3n) is 2.64. The highest BCUT2D eigenvalue weighted by Crippen LogP contribution is 2.09. The number of anilines is 1. The van der Waals surface area contributed by atoms with Crippen LogP contribution in [0.5, 0.6) is 0 Å². The Morgan fingerprint density at radius 2 is 2.39 bits per heavy atom. The van der Waals surface area contributed by atoms with Gasteiger partial charge in [0.05, 0.1) is 6.33 Å². The van der Waals surface area contributed by atoms with Crippen LogP contribution in [0.3, 0.4) is 0 Å². The first-order valence-electron chi connectivity index (χ1n) is 5.71. The molecular formula is C11H13N7. The lowest BCUT2D eigenvalue weighted by Gasteiger charge is -2.07. The second-order valence-corrected chi connectivity index (χ2v) is 4.01. The fraction of sp³-hybridized carbons (Fsp3) is 0.273. The van der Waals surface area contributed by atoms with E-state index >= 15 is 0 Å². The van der Waals surface area contributed by atoms with Gasteiger partial charge in [-0.2, -0.15) is 14.6 Å². The lowest BCUT2D eigenvalue weighted by Crippen LogP contribution is -2.10. The molecule has 0 spiro atoms. The molecule has 3 heterocycles. The van der Waals surface area contributed by atoms with Gasteiger partial charge in [0, 0.05) is 36.6 Å². The van der Waals surface area contributed by atoms with Crippen molar-refractivity contribution in [2.45, 2.75) is 13.3 Å². The molecule has 0 aliphatic carbocycles. The number of fused-ring (bicyclic) bond motifs is 1. The number of H-pyrrole nitrogens is 1. The minimum absolute atomic E-state index is 0.610. The van der Waals surface area contributed by atoms with E-state index in [1.165, 1.54) is 6.33 Å². The first-order chi connectivity index (χ1) is 8.83. The summed E-state index contributed by atoms with van der Waals surface area (Å²) in [5.74, 6) is 1.51. The minimum atomic E-state index is 0.610. The Morgan fingerprint density at radius 1 is 1.44 bits per heavy atom. The van der Waals surface area contributed by atoms with Crippen molar-refractivity contribution in [1.29, 1.82) is 0 Å². The fourth-order valence-electron chi connectivity index (χ4n) is 1.80. The van der Waals surface area contributed by atoms with E-state index in [4.69, 9.17) is 0 Å². The van der Waals surface area contributed by atoms with Gasteiger partial charge in [-0.05, 0) is 6.92 Å². The van der Waals surface area contributed by atoms with Gasteiger partial charge in [-0.15, -0.1) is 0 Å². The average molecular weight is 243 g/mol. The molecule has 18 heavy (non-hydrogen) atoms. The maximum atomic E-state index is 4.29. The van der Waals surface area contributed by atoms with Crippen LogP contribution in [0.15, 0.2) is 24.9 Å². The summed E-state index contributed by atoms with van der Waals surface area (Å²) < 4.78 is 1.69. The van der Waals surface area contributed by atoms with Crippen molar-refractivity contribution in [2.24, 2.45) is 0 Å². The molecule has 0 aliphatic heterocycles. The monoisotopic (exact) mass is 243 g/mol. The van der Waals surface area contributed by atoms with Crippen molar-refractivity contribution in [3.8, 4) is 0 Å². The molecule has 0 amide bonds. The molecule has 3 aromatic rings. The van der Waals surface area contributed by atoms with E-state index in [1.54, 1.807) is 10.8 Å². The number of hydrogen-bond acceptors (Lipinski definition) is 5. The summed E-state index contributed by atoms with van der Waals surface area (Å²) in [6, 6.07) is 1.95. The molecular weight excluding hydrogens is 230 g/mol. The molecule has 0 aromatic carbocycles. The molecule has 7 heteroatoms. The van der Waals surface area contributed by atoms with Crippen LogP contribution in [0, 0.1) is 6.92 Å². The van der Waals surface area contributed by atoms with Crippen LogP contribution in [-0.2, 0) is 6.42 Å². The highest BCUT2D eigenvalue weighted by Gasteiger charge is 2.04. The van der Waals surface area contributed by atoms with Crippen LogP contribution in [0.2, 0.25) is 0 Å². The number of nitrogens with zero attached hydrogens (tertiary/aromatic N) is 5. The van der Waals surface area contributed by atoms with Crippen LogP contribution in [-0.4, -0.2) is 36.1 Å². The number of aromatic amines is 1. The van der Waals surface area contributed by atoms with E-state index in [2.05, 4.69) is 30.4 Å². The fourth-order valence-corrected chi connectivity index (χ4v) is 1.80. The number of nitrogens with one attached hydrogen (secondary N) is 2. The highest BCUT2D eigenvalue weighted by molar-refractivity contribution is 5.44. The molecule has 0 aliphatic rings. The summed E-state index contributed by atoms with van der Waals surface area (Å²) in [5.41, 5.74) is 2.02. The van der Waals surface area contributed by atoms with Crippen molar-refractivity contribution < 1.29 is 0 Å². The maximum Gasteiger partial charge on any atom is 0.254 e. The van der Waals surface area contributed by atoms with Gasteiger partial charge in [-0.1, -0.05) is 0 Å². The number of rotatable bonds is 4. The first kappa shape index (κ1) is 10.7. The summed E-state index contributed by atoms with van der Waals surface area (Å²) in [7, 11) is 0. The molecule has 0 saturated heterocycles. The molecule has 2 N–H and O–H groups in total. The molecule has 0 unspecified atom stereocenters. The second kappa shape index (κ2) is 4.44. The summed E-state index contributed by atoms with van der Waals surface area (Å²) in [5, 5.41) is 7.46. The predicted octanol–water partition coefficient (Wildman–Crippen LogP) is 0.810. The first-order valence-corrected chi connectivity index (χ1v) is 5.71. The minimum Gasteiger partial charge on any atom is -0.369 e. The van der Waals surface area contributed by atoms with E-state index < -0.39 is 0 Å². The second-order valence-electron chi connectivity index (χ2n) is 4.01. The Balaban J connectivity index is 1.75. The van der Waals surface area contributed by atoms with Crippen molar-refractivity contribution in [2.75, 3.05) is 11.9 Å². The van der Waals surface area contributed by atoms with Gasteiger partial charge < -0.3 is 10.3 Å². The van der Waals surface area contributed by atoms with Gasteiger partial charge in [0.15, 0.2) is 0 Å². The lowest BCUT2D eigenvalue weighted by molar-refractivity contribution is 0.898. The Labute approximate surface area is 103 Å².